The molecule has 170 valence electrons. The second kappa shape index (κ2) is 8.60. The second-order valence-electron chi connectivity index (χ2n) is 8.28. The molecule has 3 heterocycles. The Morgan fingerprint density at radius 1 is 1.13 bits per heavy atom. The van der Waals surface area contributed by atoms with E-state index in [4.69, 9.17) is 0 Å². The van der Waals surface area contributed by atoms with Gasteiger partial charge in [-0.05, 0) is 32.0 Å². The number of likely N-dealkylation sites (N-methyl/N-ethyl adjacent to an activating group) is 1. The maximum absolute atomic E-state index is 13.0. The summed E-state index contributed by atoms with van der Waals surface area (Å²) >= 11 is 0. The van der Waals surface area contributed by atoms with E-state index in [0.717, 1.165) is 12.8 Å². The number of piperidine rings is 1. The number of rotatable bonds is 5. The smallest absolute Gasteiger partial charge is 0.317 e. The monoisotopic (exact) mass is 452 g/mol. The number of urea groups is 1. The van der Waals surface area contributed by atoms with Gasteiger partial charge in [-0.2, -0.15) is 4.31 Å². The molecule has 3 fully saturated rings. The van der Waals surface area contributed by atoms with Gasteiger partial charge in [0.2, 0.25) is 10.0 Å². The zero-order chi connectivity index (χ0) is 22.2. The topological polar surface area (TPSA) is 119 Å². The molecule has 0 bridgehead atoms. The predicted molar refractivity (Wildman–Crippen MR) is 115 cm³/mol. The first kappa shape index (κ1) is 21.8. The zero-order valence-corrected chi connectivity index (χ0v) is 18.4. The highest BCUT2D eigenvalue weighted by atomic mass is 32.2. The van der Waals surface area contributed by atoms with Crippen molar-refractivity contribution in [1.29, 1.82) is 0 Å². The molecule has 3 saturated heterocycles. The van der Waals surface area contributed by atoms with Crippen LogP contribution in [-0.2, 0) is 10.0 Å². The van der Waals surface area contributed by atoms with Gasteiger partial charge in [0.25, 0.3) is 5.69 Å². The maximum atomic E-state index is 13.0. The number of nitrogens with zero attached hydrogens (tertiary/aromatic N) is 5. The number of sulfonamides is 1. The fraction of sp³-hybridized carbons (Fsp3) is 0.632. The van der Waals surface area contributed by atoms with E-state index in [1.54, 1.807) is 4.90 Å². The van der Waals surface area contributed by atoms with Crippen LogP contribution >= 0.6 is 0 Å². The lowest BCUT2D eigenvalue weighted by molar-refractivity contribution is -0.384. The Kier molecular flexibility index (Phi) is 6.04. The van der Waals surface area contributed by atoms with Crippen LogP contribution in [0, 0.1) is 10.1 Å². The average Bonchev–Trinajstić information content (AvgIpc) is 3.19. The summed E-state index contributed by atoms with van der Waals surface area (Å²) in [5.41, 5.74) is 0.174. The molecule has 11 nitrogen and oxygen atoms in total. The molecule has 0 aliphatic carbocycles. The van der Waals surface area contributed by atoms with Gasteiger partial charge in [-0.1, -0.05) is 0 Å². The van der Waals surface area contributed by atoms with Gasteiger partial charge in [-0.15, -0.1) is 0 Å². The highest BCUT2D eigenvalue weighted by Crippen LogP contribution is 2.34. The number of nitrogens with one attached hydrogen (secondary N) is 1. The summed E-state index contributed by atoms with van der Waals surface area (Å²) in [6.07, 6.45) is 1.64. The molecule has 4 rings (SSSR count). The van der Waals surface area contributed by atoms with Crippen LogP contribution in [0.5, 0.6) is 0 Å². The van der Waals surface area contributed by atoms with E-state index in [-0.39, 0.29) is 22.7 Å². The number of hydrogen-bond acceptors (Lipinski definition) is 7. The molecular formula is C19H28N6O5S. The molecule has 1 N–H and O–H groups in total. The van der Waals surface area contributed by atoms with Gasteiger partial charge >= 0.3 is 6.03 Å². The van der Waals surface area contributed by atoms with Crippen molar-refractivity contribution in [3.8, 4) is 0 Å². The quantitative estimate of drug-likeness (QED) is 0.511. The van der Waals surface area contributed by atoms with Crippen molar-refractivity contribution in [2.75, 3.05) is 64.3 Å². The minimum absolute atomic E-state index is 0.0235. The molecule has 12 heteroatoms. The number of carbonyl (C=O) groups excluding carboxylic acids is 1. The third-order valence-electron chi connectivity index (χ3n) is 6.31. The first-order chi connectivity index (χ1) is 14.8. The van der Waals surface area contributed by atoms with Gasteiger partial charge < -0.3 is 20.0 Å². The Balaban J connectivity index is 1.59. The molecule has 1 unspecified atom stereocenters. The number of amides is 2. The number of hydrogen-bond donors (Lipinski definition) is 1. The van der Waals surface area contributed by atoms with Crippen molar-refractivity contribution in [3.05, 3.63) is 28.3 Å². The first-order valence-electron chi connectivity index (χ1n) is 10.5. The standard InChI is InChI=1S/C19H28N6O5S/c1-21-9-11-23(12-10-21)31(29,30)16-4-5-17(18(13-16)25(27)28)22-7-2-3-15(14-22)24-8-6-20-19(24)26/h4-5,13,15H,2-3,6-12,14H2,1H3,(H,20,26). The molecular weight excluding hydrogens is 424 g/mol. The lowest BCUT2D eigenvalue weighted by atomic mass is 10.0. The van der Waals surface area contributed by atoms with Gasteiger partial charge in [0.1, 0.15) is 5.69 Å². The van der Waals surface area contributed by atoms with Crippen LogP contribution in [0.1, 0.15) is 12.8 Å². The van der Waals surface area contributed by atoms with E-state index in [1.807, 2.05) is 16.8 Å². The number of carbonyl (C=O) groups is 1. The van der Waals surface area contributed by atoms with E-state index in [1.165, 1.54) is 22.5 Å². The van der Waals surface area contributed by atoms with Crippen molar-refractivity contribution in [3.63, 3.8) is 0 Å². The third kappa shape index (κ3) is 4.32. The van der Waals surface area contributed by atoms with Gasteiger partial charge in [0.15, 0.2) is 0 Å². The normalized spacial score (nSPS) is 23.8. The summed E-state index contributed by atoms with van der Waals surface area (Å²) < 4.78 is 27.5. The van der Waals surface area contributed by atoms with Crippen molar-refractivity contribution in [1.82, 2.24) is 19.4 Å². The molecule has 1 aromatic carbocycles. The molecule has 2 amide bonds. The van der Waals surface area contributed by atoms with Gasteiger partial charge in [-0.25, -0.2) is 13.2 Å². The van der Waals surface area contributed by atoms with E-state index in [9.17, 15) is 23.3 Å². The molecule has 0 radical (unpaired) electrons. The number of benzene rings is 1. The summed E-state index contributed by atoms with van der Waals surface area (Å²) in [5, 5.41) is 14.6. The summed E-state index contributed by atoms with van der Waals surface area (Å²) in [4.78, 5) is 29.0. The highest BCUT2D eigenvalue weighted by molar-refractivity contribution is 7.89. The maximum Gasteiger partial charge on any atom is 0.317 e. The number of nitro groups is 1. The van der Waals surface area contributed by atoms with Crippen LogP contribution in [0.2, 0.25) is 0 Å². The summed E-state index contributed by atoms with van der Waals surface area (Å²) in [5.74, 6) is 0. The minimum atomic E-state index is -3.80. The highest BCUT2D eigenvalue weighted by Gasteiger charge is 2.34. The first-order valence-corrected chi connectivity index (χ1v) is 12.0. The van der Waals surface area contributed by atoms with Crippen molar-refractivity contribution < 1.29 is 18.1 Å². The lowest BCUT2D eigenvalue weighted by Crippen LogP contribution is -2.49. The molecule has 0 saturated carbocycles. The Morgan fingerprint density at radius 2 is 1.87 bits per heavy atom. The minimum Gasteiger partial charge on any atom is -0.364 e. The number of anilines is 1. The van der Waals surface area contributed by atoms with Gasteiger partial charge in [0, 0.05) is 58.4 Å². The second-order valence-corrected chi connectivity index (χ2v) is 10.2. The Labute approximate surface area is 181 Å². The zero-order valence-electron chi connectivity index (χ0n) is 17.6. The summed E-state index contributed by atoms with van der Waals surface area (Å²) in [7, 11) is -1.87. The molecule has 1 aromatic rings. The third-order valence-corrected chi connectivity index (χ3v) is 8.21. The van der Waals surface area contributed by atoms with Crippen LogP contribution in [0.15, 0.2) is 23.1 Å². The summed E-state index contributed by atoms with van der Waals surface area (Å²) in [6.45, 7) is 4.31. The van der Waals surface area contributed by atoms with E-state index >= 15 is 0 Å². The largest absolute Gasteiger partial charge is 0.364 e. The molecule has 3 aliphatic rings. The molecule has 1 atom stereocenters. The molecule has 0 aromatic heterocycles. The molecule has 0 spiro atoms. The number of piperazine rings is 1. The summed E-state index contributed by atoms with van der Waals surface area (Å²) in [6, 6.07) is 4.05. The Bertz CT molecular complexity index is 963. The van der Waals surface area contributed by atoms with Crippen LogP contribution < -0.4 is 10.2 Å². The molecule has 31 heavy (non-hydrogen) atoms. The van der Waals surface area contributed by atoms with Crippen LogP contribution in [0.3, 0.4) is 0 Å². The van der Waals surface area contributed by atoms with Crippen LogP contribution in [0.4, 0.5) is 16.2 Å². The van der Waals surface area contributed by atoms with Crippen LogP contribution in [0.25, 0.3) is 0 Å². The van der Waals surface area contributed by atoms with Gasteiger partial charge in [0.05, 0.1) is 15.9 Å². The average molecular weight is 453 g/mol. The van der Waals surface area contributed by atoms with E-state index < -0.39 is 14.9 Å². The van der Waals surface area contributed by atoms with Crippen LogP contribution in [-0.4, -0.2) is 98.9 Å². The Morgan fingerprint density at radius 3 is 2.52 bits per heavy atom. The SMILES string of the molecule is CN1CCN(S(=O)(=O)c2ccc(N3CCCC(N4CCNC4=O)C3)c([N+](=O)[O-])c2)CC1. The van der Waals surface area contributed by atoms with E-state index in [0.29, 0.717) is 58.0 Å². The lowest BCUT2D eigenvalue weighted by Gasteiger charge is -2.38. The van der Waals surface area contributed by atoms with Crippen molar-refractivity contribution in [2.24, 2.45) is 0 Å². The number of nitro benzene ring substituents is 1. The molecule has 3 aliphatic heterocycles. The predicted octanol–water partition coefficient (Wildman–Crippen LogP) is 0.525. The fourth-order valence-corrected chi connectivity index (χ4v) is 5.96. The fourth-order valence-electron chi connectivity index (χ4n) is 4.52. The van der Waals surface area contributed by atoms with Gasteiger partial charge in [-0.3, -0.25) is 10.1 Å². The Hall–Kier alpha value is -2.44. The van der Waals surface area contributed by atoms with E-state index in [2.05, 4.69) is 5.32 Å². The van der Waals surface area contributed by atoms with Crippen molar-refractivity contribution >= 4 is 27.4 Å². The van der Waals surface area contributed by atoms with Crippen molar-refractivity contribution in [2.45, 2.75) is 23.8 Å².